The first-order valence-electron chi connectivity index (χ1n) is 6.60. The summed E-state index contributed by atoms with van der Waals surface area (Å²) in [5.41, 5.74) is 4.17. The Balaban J connectivity index is 2.51. The lowest BCUT2D eigenvalue weighted by molar-refractivity contribution is 0.347. The molecule has 1 unspecified atom stereocenters. The van der Waals surface area contributed by atoms with Gasteiger partial charge in [-0.15, -0.1) is 0 Å². The largest absolute Gasteiger partial charge is 0.271 e. The van der Waals surface area contributed by atoms with Gasteiger partial charge in [-0.2, -0.15) is 0 Å². The maximum Gasteiger partial charge on any atom is 0.0509 e. The van der Waals surface area contributed by atoms with Crippen LogP contribution in [0.3, 0.4) is 0 Å². The summed E-state index contributed by atoms with van der Waals surface area (Å²) < 4.78 is 0. The normalized spacial score (nSPS) is 13.1. The second-order valence-corrected chi connectivity index (χ2v) is 4.67. The van der Waals surface area contributed by atoms with Crippen LogP contribution in [0.5, 0.6) is 0 Å². The predicted molar refractivity (Wildman–Crippen MR) is 75.9 cm³/mol. The van der Waals surface area contributed by atoms with Gasteiger partial charge in [0, 0.05) is 17.8 Å². The number of nitrogens with one attached hydrogen (secondary N) is 1. The average Bonchev–Trinajstić information content (AvgIpc) is 2.44. The molecular weight excluding hydrogens is 222 g/mol. The highest BCUT2D eigenvalue weighted by atomic mass is 15.2. The Morgan fingerprint density at radius 2 is 1.89 bits per heavy atom. The van der Waals surface area contributed by atoms with E-state index in [2.05, 4.69) is 42.5 Å². The lowest BCUT2D eigenvalue weighted by atomic mass is 9.88. The van der Waals surface area contributed by atoms with Crippen LogP contribution in [0.1, 0.15) is 38.3 Å². The molecule has 0 amide bonds. The molecular formula is C15H21N3. The standard InChI is InChI=1S/C15H21N3/c1-3-11(4-2)15(18-16)14-10-17-9-12-7-5-6-8-13(12)14/h5-11,15,18H,3-4,16H2,1-2H3. The van der Waals surface area contributed by atoms with Crippen molar-refractivity contribution in [3.8, 4) is 0 Å². The number of pyridine rings is 1. The van der Waals surface area contributed by atoms with Crippen molar-refractivity contribution in [3.05, 3.63) is 42.2 Å². The minimum absolute atomic E-state index is 0.165. The molecule has 3 nitrogen and oxygen atoms in total. The highest BCUT2D eigenvalue weighted by Crippen LogP contribution is 2.30. The van der Waals surface area contributed by atoms with Crippen LogP contribution in [0.4, 0.5) is 0 Å². The third-order valence-corrected chi connectivity index (χ3v) is 3.73. The topological polar surface area (TPSA) is 50.9 Å². The van der Waals surface area contributed by atoms with Crippen LogP contribution in [0.15, 0.2) is 36.7 Å². The van der Waals surface area contributed by atoms with E-state index < -0.39 is 0 Å². The number of rotatable bonds is 5. The molecule has 1 aromatic heterocycles. The minimum atomic E-state index is 0.165. The highest BCUT2D eigenvalue weighted by molar-refractivity contribution is 5.85. The predicted octanol–water partition coefficient (Wildman–Crippen LogP) is 3.18. The maximum atomic E-state index is 5.77. The molecule has 2 aromatic rings. The first-order chi connectivity index (χ1) is 8.81. The Morgan fingerprint density at radius 1 is 1.17 bits per heavy atom. The zero-order chi connectivity index (χ0) is 13.0. The van der Waals surface area contributed by atoms with Gasteiger partial charge in [-0.25, -0.2) is 0 Å². The molecule has 0 saturated heterocycles. The van der Waals surface area contributed by atoms with Gasteiger partial charge < -0.3 is 0 Å². The molecule has 1 atom stereocenters. The van der Waals surface area contributed by atoms with Crippen LogP contribution in [-0.2, 0) is 0 Å². The molecule has 3 N–H and O–H groups in total. The number of fused-ring (bicyclic) bond motifs is 1. The van der Waals surface area contributed by atoms with Crippen molar-refractivity contribution in [2.75, 3.05) is 0 Å². The van der Waals surface area contributed by atoms with Crippen molar-refractivity contribution in [2.45, 2.75) is 32.7 Å². The van der Waals surface area contributed by atoms with E-state index in [1.165, 1.54) is 16.3 Å². The van der Waals surface area contributed by atoms with Gasteiger partial charge in [0.15, 0.2) is 0 Å². The lowest BCUT2D eigenvalue weighted by Crippen LogP contribution is -2.33. The summed E-state index contributed by atoms with van der Waals surface area (Å²) in [5.74, 6) is 6.30. The number of hydrazine groups is 1. The first-order valence-corrected chi connectivity index (χ1v) is 6.60. The molecule has 2 rings (SSSR count). The summed E-state index contributed by atoms with van der Waals surface area (Å²) in [6, 6.07) is 8.49. The molecule has 0 spiro atoms. The van der Waals surface area contributed by atoms with Crippen molar-refractivity contribution in [3.63, 3.8) is 0 Å². The molecule has 0 saturated carbocycles. The molecule has 0 radical (unpaired) electrons. The Bertz CT molecular complexity index is 501. The van der Waals surface area contributed by atoms with Crippen LogP contribution >= 0.6 is 0 Å². The number of hydrogen-bond donors (Lipinski definition) is 2. The second-order valence-electron chi connectivity index (χ2n) is 4.67. The van der Waals surface area contributed by atoms with E-state index in [1.54, 1.807) is 0 Å². The summed E-state index contributed by atoms with van der Waals surface area (Å²) in [5, 5.41) is 2.41. The first kappa shape index (κ1) is 13.0. The van der Waals surface area contributed by atoms with E-state index >= 15 is 0 Å². The van der Waals surface area contributed by atoms with E-state index in [-0.39, 0.29) is 6.04 Å². The quantitative estimate of drug-likeness (QED) is 0.626. The van der Waals surface area contributed by atoms with Crippen molar-refractivity contribution in [2.24, 2.45) is 11.8 Å². The van der Waals surface area contributed by atoms with E-state index in [9.17, 15) is 0 Å². The minimum Gasteiger partial charge on any atom is -0.271 e. The summed E-state index contributed by atoms with van der Waals surface area (Å²) in [6.07, 6.45) is 6.05. The highest BCUT2D eigenvalue weighted by Gasteiger charge is 2.21. The molecule has 0 aliphatic rings. The van der Waals surface area contributed by atoms with Crippen molar-refractivity contribution in [1.29, 1.82) is 0 Å². The molecule has 1 aromatic carbocycles. The van der Waals surface area contributed by atoms with Gasteiger partial charge in [0.25, 0.3) is 0 Å². The van der Waals surface area contributed by atoms with Crippen LogP contribution < -0.4 is 11.3 Å². The van der Waals surface area contributed by atoms with E-state index in [0.717, 1.165) is 12.8 Å². The molecule has 18 heavy (non-hydrogen) atoms. The summed E-state index contributed by atoms with van der Waals surface area (Å²) >= 11 is 0. The van der Waals surface area contributed by atoms with Crippen LogP contribution in [0, 0.1) is 5.92 Å². The lowest BCUT2D eigenvalue weighted by Gasteiger charge is -2.25. The third kappa shape index (κ3) is 2.37. The molecule has 1 heterocycles. The SMILES string of the molecule is CCC(CC)C(NN)c1cncc2ccccc12. The second kappa shape index (κ2) is 5.94. The molecule has 0 aliphatic carbocycles. The zero-order valence-corrected chi connectivity index (χ0v) is 11.1. The summed E-state index contributed by atoms with van der Waals surface area (Å²) in [4.78, 5) is 4.34. The smallest absolute Gasteiger partial charge is 0.0509 e. The van der Waals surface area contributed by atoms with E-state index in [4.69, 9.17) is 5.84 Å². The van der Waals surface area contributed by atoms with Gasteiger partial charge in [-0.1, -0.05) is 51.0 Å². The Kier molecular flexibility index (Phi) is 4.28. The van der Waals surface area contributed by atoms with Crippen molar-refractivity contribution in [1.82, 2.24) is 10.4 Å². The molecule has 3 heteroatoms. The zero-order valence-electron chi connectivity index (χ0n) is 11.1. The Hall–Kier alpha value is -1.45. The number of nitrogens with two attached hydrogens (primary N) is 1. The van der Waals surface area contributed by atoms with Gasteiger partial charge in [0.1, 0.15) is 0 Å². The number of hydrogen-bond acceptors (Lipinski definition) is 3. The van der Waals surface area contributed by atoms with Crippen molar-refractivity contribution < 1.29 is 0 Å². The van der Waals surface area contributed by atoms with Gasteiger partial charge in [-0.3, -0.25) is 16.3 Å². The van der Waals surface area contributed by atoms with E-state index in [1.807, 2.05) is 18.5 Å². The summed E-state index contributed by atoms with van der Waals surface area (Å²) in [6.45, 7) is 4.41. The average molecular weight is 243 g/mol. The fourth-order valence-electron chi connectivity index (χ4n) is 2.63. The van der Waals surface area contributed by atoms with E-state index in [0.29, 0.717) is 5.92 Å². The van der Waals surface area contributed by atoms with Gasteiger partial charge in [0.2, 0.25) is 0 Å². The monoisotopic (exact) mass is 243 g/mol. The maximum absolute atomic E-state index is 5.77. The molecule has 0 bridgehead atoms. The van der Waals surface area contributed by atoms with Gasteiger partial charge >= 0.3 is 0 Å². The van der Waals surface area contributed by atoms with Gasteiger partial charge in [0.05, 0.1) is 6.04 Å². The van der Waals surface area contributed by atoms with Crippen LogP contribution in [-0.4, -0.2) is 4.98 Å². The third-order valence-electron chi connectivity index (χ3n) is 3.73. The molecule has 96 valence electrons. The fraction of sp³-hybridized carbons (Fsp3) is 0.400. The number of benzene rings is 1. The fourth-order valence-corrected chi connectivity index (χ4v) is 2.63. The van der Waals surface area contributed by atoms with Gasteiger partial charge in [-0.05, 0) is 16.9 Å². The number of aromatic nitrogens is 1. The Morgan fingerprint density at radius 3 is 2.56 bits per heavy atom. The Labute approximate surface area is 108 Å². The number of nitrogens with zero attached hydrogens (tertiary/aromatic N) is 1. The molecule has 0 fully saturated rings. The van der Waals surface area contributed by atoms with Crippen LogP contribution in [0.2, 0.25) is 0 Å². The molecule has 0 aliphatic heterocycles. The van der Waals surface area contributed by atoms with Crippen LogP contribution in [0.25, 0.3) is 10.8 Å². The van der Waals surface area contributed by atoms with Crippen molar-refractivity contribution >= 4 is 10.8 Å². The summed E-state index contributed by atoms with van der Waals surface area (Å²) in [7, 11) is 0.